The minimum atomic E-state index is -0.174. The van der Waals surface area contributed by atoms with Crippen LogP contribution in [0.4, 0.5) is 0 Å². The number of rotatable bonds is 4. The molecule has 0 bridgehead atoms. The van der Waals surface area contributed by atoms with Crippen molar-refractivity contribution in [2.45, 2.75) is 44.3 Å². The Balaban J connectivity index is 1.28. The molecule has 3 atom stereocenters. The molecule has 1 aromatic carbocycles. The van der Waals surface area contributed by atoms with Crippen LogP contribution in [0.25, 0.3) is 0 Å². The van der Waals surface area contributed by atoms with Crippen molar-refractivity contribution in [3.05, 3.63) is 35.9 Å². The number of ether oxygens (including phenoxy) is 1. The van der Waals surface area contributed by atoms with Crippen LogP contribution in [0.5, 0.6) is 0 Å². The minimum Gasteiger partial charge on any atom is -0.364 e. The Labute approximate surface area is 144 Å². The summed E-state index contributed by atoms with van der Waals surface area (Å²) >= 11 is 0. The van der Waals surface area contributed by atoms with E-state index in [0.29, 0.717) is 5.92 Å². The second kappa shape index (κ2) is 7.24. The Morgan fingerprint density at radius 3 is 2.71 bits per heavy atom. The third-order valence-electron chi connectivity index (χ3n) is 5.89. The molecular formula is C20H28N2O2. The van der Waals surface area contributed by atoms with Crippen molar-refractivity contribution in [1.29, 1.82) is 0 Å². The molecule has 1 aromatic rings. The van der Waals surface area contributed by atoms with E-state index in [1.807, 2.05) is 4.90 Å². The van der Waals surface area contributed by atoms with Crippen LogP contribution in [0.1, 0.15) is 31.2 Å². The van der Waals surface area contributed by atoms with E-state index in [0.717, 1.165) is 58.4 Å². The molecule has 0 saturated carbocycles. The Hall–Kier alpha value is -1.39. The average Bonchev–Trinajstić information content (AvgIpc) is 3.29. The van der Waals surface area contributed by atoms with Crippen molar-refractivity contribution in [3.8, 4) is 0 Å². The maximum Gasteiger partial charge on any atom is 0.251 e. The molecule has 24 heavy (non-hydrogen) atoms. The van der Waals surface area contributed by atoms with Crippen LogP contribution in [0, 0.1) is 5.92 Å². The van der Waals surface area contributed by atoms with Crippen molar-refractivity contribution in [1.82, 2.24) is 9.80 Å². The number of fused-ring (bicyclic) bond motifs is 1. The summed E-state index contributed by atoms with van der Waals surface area (Å²) in [6.07, 6.45) is 5.58. The van der Waals surface area contributed by atoms with Crippen molar-refractivity contribution in [2.75, 3.05) is 32.7 Å². The predicted octanol–water partition coefficient (Wildman–Crippen LogP) is 2.33. The normalized spacial score (nSPS) is 30.5. The molecule has 3 fully saturated rings. The first-order valence-corrected chi connectivity index (χ1v) is 9.50. The van der Waals surface area contributed by atoms with Gasteiger partial charge < -0.3 is 14.5 Å². The van der Waals surface area contributed by atoms with E-state index in [2.05, 4.69) is 35.2 Å². The predicted molar refractivity (Wildman–Crippen MR) is 93.8 cm³/mol. The Morgan fingerprint density at radius 1 is 1.12 bits per heavy atom. The van der Waals surface area contributed by atoms with Crippen LogP contribution in [-0.4, -0.2) is 60.6 Å². The fourth-order valence-corrected chi connectivity index (χ4v) is 4.43. The van der Waals surface area contributed by atoms with Crippen molar-refractivity contribution >= 4 is 5.91 Å². The quantitative estimate of drug-likeness (QED) is 0.850. The number of carbonyl (C=O) groups is 1. The molecule has 3 heterocycles. The lowest BCUT2D eigenvalue weighted by Crippen LogP contribution is -2.43. The highest BCUT2D eigenvalue weighted by Gasteiger charge is 2.43. The lowest BCUT2D eigenvalue weighted by atomic mass is 9.91. The zero-order valence-corrected chi connectivity index (χ0v) is 14.4. The van der Waals surface area contributed by atoms with Crippen LogP contribution < -0.4 is 0 Å². The second-order valence-electron chi connectivity index (χ2n) is 7.52. The maximum absolute atomic E-state index is 12.6. The van der Waals surface area contributed by atoms with Gasteiger partial charge in [0.2, 0.25) is 0 Å². The highest BCUT2D eigenvalue weighted by atomic mass is 16.5. The first-order chi connectivity index (χ1) is 11.8. The molecule has 3 saturated heterocycles. The molecule has 0 aliphatic carbocycles. The van der Waals surface area contributed by atoms with Crippen LogP contribution >= 0.6 is 0 Å². The highest BCUT2D eigenvalue weighted by molar-refractivity contribution is 5.81. The zero-order chi connectivity index (χ0) is 16.4. The molecule has 3 aliphatic heterocycles. The van der Waals surface area contributed by atoms with E-state index < -0.39 is 0 Å². The van der Waals surface area contributed by atoms with E-state index in [1.54, 1.807) is 0 Å². The lowest BCUT2D eigenvalue weighted by Gasteiger charge is -2.34. The highest BCUT2D eigenvalue weighted by Crippen LogP contribution is 2.34. The Bertz CT molecular complexity index is 556. The third kappa shape index (κ3) is 3.50. The first-order valence-electron chi connectivity index (χ1n) is 9.50. The van der Waals surface area contributed by atoms with Gasteiger partial charge in [-0.1, -0.05) is 30.3 Å². The van der Waals surface area contributed by atoms with Crippen molar-refractivity contribution in [3.63, 3.8) is 0 Å². The van der Waals surface area contributed by atoms with Crippen molar-refractivity contribution < 1.29 is 9.53 Å². The molecule has 0 unspecified atom stereocenters. The molecule has 130 valence electrons. The van der Waals surface area contributed by atoms with Gasteiger partial charge in [-0.25, -0.2) is 0 Å². The topological polar surface area (TPSA) is 32.8 Å². The van der Waals surface area contributed by atoms with Gasteiger partial charge in [-0.15, -0.1) is 0 Å². The maximum atomic E-state index is 12.6. The van der Waals surface area contributed by atoms with Gasteiger partial charge in [0.05, 0.1) is 6.10 Å². The standard InChI is InChI=1S/C20H28N2O2/c23-20(22-10-4-5-11-22)18-14-17-9-13-21(15-19(17)24-18)12-8-16-6-2-1-3-7-16/h1-3,6-7,17-19H,4-5,8-15H2/t17-,18-,19+/m0/s1. The average molecular weight is 328 g/mol. The van der Waals surface area contributed by atoms with E-state index in [-0.39, 0.29) is 18.1 Å². The van der Waals surface area contributed by atoms with Gasteiger partial charge in [-0.05, 0) is 50.1 Å². The Morgan fingerprint density at radius 2 is 1.92 bits per heavy atom. The molecule has 4 heteroatoms. The van der Waals surface area contributed by atoms with Crippen LogP contribution in [0.15, 0.2) is 30.3 Å². The SMILES string of the molecule is O=C([C@@H]1C[C@@H]2CCN(CCc3ccccc3)C[C@H]2O1)N1CCCC1. The number of amides is 1. The van der Waals surface area contributed by atoms with Gasteiger partial charge in [-0.3, -0.25) is 4.79 Å². The van der Waals surface area contributed by atoms with Crippen LogP contribution in [-0.2, 0) is 16.0 Å². The number of benzene rings is 1. The fourth-order valence-electron chi connectivity index (χ4n) is 4.43. The first kappa shape index (κ1) is 16.1. The Kier molecular flexibility index (Phi) is 4.86. The van der Waals surface area contributed by atoms with Gasteiger partial charge in [-0.2, -0.15) is 0 Å². The molecule has 0 spiro atoms. The molecule has 0 radical (unpaired) electrons. The van der Waals surface area contributed by atoms with Gasteiger partial charge in [0.1, 0.15) is 6.10 Å². The van der Waals surface area contributed by atoms with E-state index in [4.69, 9.17) is 4.74 Å². The molecule has 4 nitrogen and oxygen atoms in total. The summed E-state index contributed by atoms with van der Waals surface area (Å²) in [5.41, 5.74) is 1.40. The molecule has 0 N–H and O–H groups in total. The summed E-state index contributed by atoms with van der Waals surface area (Å²) in [6, 6.07) is 10.7. The minimum absolute atomic E-state index is 0.174. The number of nitrogens with zero attached hydrogens (tertiary/aromatic N) is 2. The van der Waals surface area contributed by atoms with E-state index in [1.165, 1.54) is 12.0 Å². The number of carbonyl (C=O) groups excluding carboxylic acids is 1. The second-order valence-corrected chi connectivity index (χ2v) is 7.52. The molecule has 0 aromatic heterocycles. The number of hydrogen-bond acceptors (Lipinski definition) is 3. The van der Waals surface area contributed by atoms with E-state index in [9.17, 15) is 4.79 Å². The smallest absolute Gasteiger partial charge is 0.251 e. The monoisotopic (exact) mass is 328 g/mol. The summed E-state index contributed by atoms with van der Waals surface area (Å²) in [5.74, 6) is 0.826. The molecular weight excluding hydrogens is 300 g/mol. The number of piperidine rings is 1. The van der Waals surface area contributed by atoms with Crippen LogP contribution in [0.3, 0.4) is 0 Å². The van der Waals surface area contributed by atoms with Gasteiger partial charge in [0.15, 0.2) is 0 Å². The number of likely N-dealkylation sites (tertiary alicyclic amines) is 2. The summed E-state index contributed by atoms with van der Waals surface area (Å²) in [6.45, 7) is 5.07. The summed E-state index contributed by atoms with van der Waals surface area (Å²) in [7, 11) is 0. The molecule has 4 rings (SSSR count). The summed E-state index contributed by atoms with van der Waals surface area (Å²) < 4.78 is 6.19. The third-order valence-corrected chi connectivity index (χ3v) is 5.89. The van der Waals surface area contributed by atoms with Gasteiger partial charge in [0, 0.05) is 26.2 Å². The fraction of sp³-hybridized carbons (Fsp3) is 0.650. The van der Waals surface area contributed by atoms with Crippen molar-refractivity contribution in [2.24, 2.45) is 5.92 Å². The molecule has 1 amide bonds. The number of hydrogen-bond donors (Lipinski definition) is 0. The summed E-state index contributed by atoms with van der Waals surface area (Å²) in [5, 5.41) is 0. The lowest BCUT2D eigenvalue weighted by molar-refractivity contribution is -0.142. The summed E-state index contributed by atoms with van der Waals surface area (Å²) in [4.78, 5) is 17.1. The zero-order valence-electron chi connectivity index (χ0n) is 14.4. The molecule has 3 aliphatic rings. The van der Waals surface area contributed by atoms with E-state index >= 15 is 0 Å². The van der Waals surface area contributed by atoms with Gasteiger partial charge in [0.25, 0.3) is 5.91 Å². The van der Waals surface area contributed by atoms with Gasteiger partial charge >= 0.3 is 0 Å². The largest absolute Gasteiger partial charge is 0.364 e. The van der Waals surface area contributed by atoms with Crippen LogP contribution in [0.2, 0.25) is 0 Å².